The van der Waals surface area contributed by atoms with Gasteiger partial charge in [-0.15, -0.1) is 10.2 Å². The number of hydrogen-bond acceptors (Lipinski definition) is 4. The van der Waals surface area contributed by atoms with Crippen molar-refractivity contribution in [2.45, 2.75) is 13.1 Å². The quantitative estimate of drug-likeness (QED) is 0.574. The summed E-state index contributed by atoms with van der Waals surface area (Å²) in [5, 5.41) is 8.12. The van der Waals surface area contributed by atoms with E-state index in [4.69, 9.17) is 4.42 Å². The zero-order valence-electron chi connectivity index (χ0n) is 11.8. The molecule has 0 radical (unpaired) electrons. The first kappa shape index (κ1) is 13.7. The summed E-state index contributed by atoms with van der Waals surface area (Å²) in [7, 11) is 0. The predicted octanol–water partition coefficient (Wildman–Crippen LogP) is 4.09. The number of nitrogens with one attached hydrogen (secondary N) is 1. The smallest absolute Gasteiger partial charge is 0.417 e. The van der Waals surface area contributed by atoms with Crippen molar-refractivity contribution in [3.05, 3.63) is 41.9 Å². The van der Waals surface area contributed by atoms with Crippen molar-refractivity contribution in [3.8, 4) is 11.6 Å². The van der Waals surface area contributed by atoms with Gasteiger partial charge in [-0.25, -0.2) is 4.98 Å². The number of aromatic nitrogens is 4. The molecule has 3 aromatic heterocycles. The van der Waals surface area contributed by atoms with Crippen LogP contribution in [0, 0.1) is 6.92 Å². The largest absolute Gasteiger partial charge is 0.422 e. The van der Waals surface area contributed by atoms with Crippen LogP contribution in [-0.2, 0) is 6.18 Å². The third-order valence-electron chi connectivity index (χ3n) is 3.59. The van der Waals surface area contributed by atoms with Crippen molar-refractivity contribution in [1.82, 2.24) is 20.2 Å². The maximum absolute atomic E-state index is 13.3. The second-order valence-corrected chi connectivity index (χ2v) is 5.18. The van der Waals surface area contributed by atoms with Crippen LogP contribution in [0.1, 0.15) is 11.3 Å². The molecular weight excluding hydrogens is 309 g/mol. The van der Waals surface area contributed by atoms with E-state index < -0.39 is 11.7 Å². The second-order valence-electron chi connectivity index (χ2n) is 5.18. The minimum Gasteiger partial charge on any atom is -0.422 e. The monoisotopic (exact) mass is 318 g/mol. The zero-order chi connectivity index (χ0) is 16.2. The summed E-state index contributed by atoms with van der Waals surface area (Å²) in [5.41, 5.74) is 0.909. The fourth-order valence-corrected chi connectivity index (χ4v) is 2.65. The summed E-state index contributed by atoms with van der Waals surface area (Å²) >= 11 is 0. The molecular formula is C15H9F3N4O. The van der Waals surface area contributed by atoms with Gasteiger partial charge in [-0.05, 0) is 19.1 Å². The van der Waals surface area contributed by atoms with Crippen molar-refractivity contribution < 1.29 is 17.6 Å². The molecule has 8 heteroatoms. The highest BCUT2D eigenvalue weighted by Gasteiger charge is 2.33. The molecule has 4 aromatic rings. The molecule has 0 aliphatic heterocycles. The number of hydrogen-bond donors (Lipinski definition) is 1. The first-order chi connectivity index (χ1) is 10.9. The van der Waals surface area contributed by atoms with E-state index in [9.17, 15) is 13.2 Å². The number of H-pyrrole nitrogens is 1. The molecule has 5 nitrogen and oxygen atoms in total. The van der Waals surface area contributed by atoms with Gasteiger partial charge in [-0.1, -0.05) is 12.1 Å². The topological polar surface area (TPSA) is 67.6 Å². The standard InChI is InChI=1S/C15H9F3N4O/c1-7-4-10(15(16,17)18)9-3-2-8-5-11(14-22-19-6-23-14)21-12(8)13(9)20-7/h2-6,20H,1H3. The number of aromatic amines is 1. The van der Waals surface area contributed by atoms with Crippen molar-refractivity contribution in [3.63, 3.8) is 0 Å². The van der Waals surface area contributed by atoms with Gasteiger partial charge < -0.3 is 9.40 Å². The average molecular weight is 318 g/mol. The molecule has 116 valence electrons. The van der Waals surface area contributed by atoms with E-state index in [1.165, 1.54) is 12.5 Å². The molecule has 0 aliphatic carbocycles. The van der Waals surface area contributed by atoms with Crippen LogP contribution in [0.15, 0.2) is 35.1 Å². The van der Waals surface area contributed by atoms with Gasteiger partial charge >= 0.3 is 6.18 Å². The molecule has 4 rings (SSSR count). The Morgan fingerprint density at radius 3 is 2.70 bits per heavy atom. The zero-order valence-corrected chi connectivity index (χ0v) is 11.8. The van der Waals surface area contributed by atoms with Crippen LogP contribution in [0.25, 0.3) is 33.4 Å². The Bertz CT molecular complexity index is 1020. The molecule has 0 spiro atoms. The number of fused-ring (bicyclic) bond motifs is 3. The molecule has 0 saturated carbocycles. The highest BCUT2D eigenvalue weighted by molar-refractivity contribution is 6.05. The molecule has 0 aliphatic rings. The summed E-state index contributed by atoms with van der Waals surface area (Å²) in [6, 6.07) is 5.83. The Morgan fingerprint density at radius 1 is 1.17 bits per heavy atom. The fourth-order valence-electron chi connectivity index (χ4n) is 2.65. The second kappa shape index (κ2) is 4.55. The molecule has 0 saturated heterocycles. The van der Waals surface area contributed by atoms with Crippen molar-refractivity contribution in [1.29, 1.82) is 0 Å². The minimum absolute atomic E-state index is 0.0748. The van der Waals surface area contributed by atoms with Gasteiger partial charge in [0.05, 0.1) is 16.6 Å². The number of pyridine rings is 1. The van der Waals surface area contributed by atoms with Crippen molar-refractivity contribution in [2.75, 3.05) is 0 Å². The molecule has 1 aromatic carbocycles. The number of nitrogens with zero attached hydrogens (tertiary/aromatic N) is 3. The summed E-state index contributed by atoms with van der Waals surface area (Å²) in [6.45, 7) is 1.58. The molecule has 0 amide bonds. The highest BCUT2D eigenvalue weighted by atomic mass is 19.4. The van der Waals surface area contributed by atoms with Gasteiger partial charge in [0, 0.05) is 16.5 Å². The summed E-state index contributed by atoms with van der Waals surface area (Å²) in [5.74, 6) is 0.220. The van der Waals surface area contributed by atoms with E-state index in [0.29, 0.717) is 27.8 Å². The summed E-state index contributed by atoms with van der Waals surface area (Å²) in [6.07, 6.45) is -3.27. The van der Waals surface area contributed by atoms with Crippen molar-refractivity contribution in [2.24, 2.45) is 0 Å². The maximum Gasteiger partial charge on any atom is 0.417 e. The van der Waals surface area contributed by atoms with Gasteiger partial charge in [0.2, 0.25) is 6.39 Å². The first-order valence-corrected chi connectivity index (χ1v) is 6.70. The van der Waals surface area contributed by atoms with E-state index in [-0.39, 0.29) is 11.3 Å². The van der Waals surface area contributed by atoms with Gasteiger partial charge in [-0.3, -0.25) is 0 Å². The molecule has 0 fully saturated rings. The number of benzene rings is 1. The Balaban J connectivity index is 2.07. The molecule has 1 N–H and O–H groups in total. The van der Waals surface area contributed by atoms with E-state index >= 15 is 0 Å². The number of aryl methyl sites for hydroxylation is 1. The molecule has 0 unspecified atom stereocenters. The lowest BCUT2D eigenvalue weighted by atomic mass is 10.1. The third-order valence-corrected chi connectivity index (χ3v) is 3.59. The lowest BCUT2D eigenvalue weighted by molar-refractivity contribution is -0.136. The van der Waals surface area contributed by atoms with E-state index in [1.807, 2.05) is 0 Å². The van der Waals surface area contributed by atoms with Crippen LogP contribution in [0.3, 0.4) is 0 Å². The Labute approximate surface area is 127 Å². The predicted molar refractivity (Wildman–Crippen MR) is 76.6 cm³/mol. The molecule has 0 bridgehead atoms. The Kier molecular flexibility index (Phi) is 2.72. The first-order valence-electron chi connectivity index (χ1n) is 6.70. The van der Waals surface area contributed by atoms with E-state index in [1.54, 1.807) is 19.1 Å². The van der Waals surface area contributed by atoms with Crippen molar-refractivity contribution >= 4 is 21.8 Å². The molecule has 23 heavy (non-hydrogen) atoms. The SMILES string of the molecule is Cc1cc(C(F)(F)F)c2ccc3cc(-c4nnco4)nc3c2[nH]1. The van der Waals surface area contributed by atoms with E-state index in [2.05, 4.69) is 20.2 Å². The normalized spacial score (nSPS) is 12.3. The highest BCUT2D eigenvalue weighted by Crippen LogP contribution is 2.37. The average Bonchev–Trinajstić information content (AvgIpc) is 3.14. The summed E-state index contributed by atoms with van der Waals surface area (Å²) < 4.78 is 44.9. The van der Waals surface area contributed by atoms with Gasteiger partial charge in [0.1, 0.15) is 5.69 Å². The lowest BCUT2D eigenvalue weighted by Gasteiger charge is -2.12. The Hall–Kier alpha value is -2.90. The van der Waals surface area contributed by atoms with E-state index in [0.717, 1.165) is 6.07 Å². The van der Waals surface area contributed by atoms with Crippen LogP contribution < -0.4 is 0 Å². The van der Waals surface area contributed by atoms with Gasteiger partial charge in [0.25, 0.3) is 5.89 Å². The third kappa shape index (κ3) is 2.14. The number of halogens is 3. The lowest BCUT2D eigenvalue weighted by Crippen LogP contribution is -2.07. The summed E-state index contributed by atoms with van der Waals surface area (Å²) in [4.78, 5) is 7.33. The number of rotatable bonds is 1. The van der Waals surface area contributed by atoms with Gasteiger partial charge in [0.15, 0.2) is 0 Å². The van der Waals surface area contributed by atoms with Gasteiger partial charge in [-0.2, -0.15) is 13.2 Å². The minimum atomic E-state index is -4.44. The van der Waals surface area contributed by atoms with Crippen LogP contribution in [0.4, 0.5) is 13.2 Å². The van der Waals surface area contributed by atoms with Crippen LogP contribution in [0.5, 0.6) is 0 Å². The molecule has 3 heterocycles. The molecule has 0 atom stereocenters. The van der Waals surface area contributed by atoms with Crippen LogP contribution >= 0.6 is 0 Å². The number of alkyl halides is 3. The maximum atomic E-state index is 13.3. The van der Waals surface area contributed by atoms with Crippen LogP contribution in [-0.4, -0.2) is 20.2 Å². The fraction of sp³-hybridized carbons (Fsp3) is 0.133. The Morgan fingerprint density at radius 2 is 2.00 bits per heavy atom. The van der Waals surface area contributed by atoms with Crippen LogP contribution in [0.2, 0.25) is 0 Å².